The summed E-state index contributed by atoms with van der Waals surface area (Å²) in [6.07, 6.45) is 0.0260. The van der Waals surface area contributed by atoms with Crippen LogP contribution < -0.4 is 15.2 Å². The van der Waals surface area contributed by atoms with Gasteiger partial charge in [0.05, 0.1) is 11.5 Å². The van der Waals surface area contributed by atoms with Crippen LogP contribution in [0.2, 0.25) is 0 Å². The normalized spacial score (nSPS) is 32.6. The van der Waals surface area contributed by atoms with Crippen LogP contribution in [0.5, 0.6) is 11.5 Å². The van der Waals surface area contributed by atoms with Crippen LogP contribution in [0.15, 0.2) is 42.5 Å². The zero-order chi connectivity index (χ0) is 24.5. The molecule has 4 unspecified atom stereocenters. The molecule has 7 rings (SSSR count). The number of ether oxygens (including phenoxy) is 3. The number of hydrogen-bond donors (Lipinski definition) is 1. The lowest BCUT2D eigenvalue weighted by Gasteiger charge is -2.73. The first-order valence-corrected chi connectivity index (χ1v) is 12.0. The van der Waals surface area contributed by atoms with E-state index in [0.29, 0.717) is 11.3 Å². The summed E-state index contributed by atoms with van der Waals surface area (Å²) < 4.78 is 17.5. The maximum atomic E-state index is 13.6. The van der Waals surface area contributed by atoms with Crippen LogP contribution in [-0.4, -0.2) is 54.1 Å². The molecule has 3 saturated carbocycles. The van der Waals surface area contributed by atoms with Crippen molar-refractivity contribution in [2.24, 2.45) is 23.0 Å². The lowest BCUT2D eigenvalue weighted by Crippen LogP contribution is -2.78. The molecule has 0 spiro atoms. The van der Waals surface area contributed by atoms with E-state index in [1.165, 1.54) is 0 Å². The summed E-state index contributed by atoms with van der Waals surface area (Å²) in [5, 5.41) is 0. The molecule has 3 aliphatic carbocycles. The van der Waals surface area contributed by atoms with Crippen LogP contribution in [0.1, 0.15) is 34.3 Å². The standard InChI is InChI=1S/C27H28N2O6/c1-14-7-15(2)9-18(8-14)33-12-17-13-34-26(32)29(17)24-16-10-27(24,11-16)21-22(30)19-5-3-4-6-20(19)35-23(21)25(28)31/h3-9,16-17,21,23-24H,10-13H2,1-2H3,(H2,28,31). The molecular weight excluding hydrogens is 448 g/mol. The molecule has 4 fully saturated rings. The van der Waals surface area contributed by atoms with Crippen LogP contribution in [0, 0.1) is 31.1 Å². The highest BCUT2D eigenvalue weighted by molar-refractivity contribution is 6.05. The summed E-state index contributed by atoms with van der Waals surface area (Å²) in [5.74, 6) is -0.172. The van der Waals surface area contributed by atoms with E-state index in [4.69, 9.17) is 19.9 Å². The van der Waals surface area contributed by atoms with Gasteiger partial charge in [-0.25, -0.2) is 4.79 Å². The Hall–Kier alpha value is -3.55. The number of para-hydroxylation sites is 1. The molecule has 182 valence electrons. The van der Waals surface area contributed by atoms with E-state index in [1.54, 1.807) is 29.2 Å². The second-order valence-corrected chi connectivity index (χ2v) is 10.4. The Morgan fingerprint density at radius 1 is 1.14 bits per heavy atom. The molecule has 2 aromatic carbocycles. The van der Waals surface area contributed by atoms with Crippen LogP contribution in [0.25, 0.3) is 0 Å². The summed E-state index contributed by atoms with van der Waals surface area (Å²) in [4.78, 5) is 40.7. The average molecular weight is 477 g/mol. The average Bonchev–Trinajstić information content (AvgIpc) is 3.11. The minimum Gasteiger partial charge on any atom is -0.491 e. The van der Waals surface area contributed by atoms with Crippen molar-refractivity contribution in [3.63, 3.8) is 0 Å². The Bertz CT molecular complexity index is 1220. The number of nitrogens with zero attached hydrogens (tertiary/aromatic N) is 1. The minimum absolute atomic E-state index is 0.144. The summed E-state index contributed by atoms with van der Waals surface area (Å²) in [7, 11) is 0. The van der Waals surface area contributed by atoms with Gasteiger partial charge >= 0.3 is 6.09 Å². The number of amides is 2. The van der Waals surface area contributed by atoms with E-state index in [2.05, 4.69) is 6.07 Å². The van der Waals surface area contributed by atoms with E-state index < -0.39 is 29.4 Å². The van der Waals surface area contributed by atoms with Gasteiger partial charge in [0.2, 0.25) is 0 Å². The number of Topliss-reactive ketones (excluding diaryl/α,β-unsaturated/α-hetero) is 1. The lowest BCUT2D eigenvalue weighted by molar-refractivity contribution is -0.231. The number of carbonyl (C=O) groups excluding carboxylic acids is 3. The van der Waals surface area contributed by atoms with E-state index in [-0.39, 0.29) is 37.0 Å². The van der Waals surface area contributed by atoms with Crippen molar-refractivity contribution >= 4 is 17.8 Å². The van der Waals surface area contributed by atoms with Gasteiger partial charge in [0.1, 0.15) is 30.8 Å². The number of fused-ring (bicyclic) bond motifs is 1. The number of primary amides is 1. The molecule has 2 heterocycles. The summed E-state index contributed by atoms with van der Waals surface area (Å²) in [6, 6.07) is 12.4. The predicted molar refractivity (Wildman–Crippen MR) is 125 cm³/mol. The maximum absolute atomic E-state index is 13.6. The fraction of sp³-hybridized carbons (Fsp3) is 0.444. The molecule has 0 radical (unpaired) electrons. The van der Waals surface area contributed by atoms with Gasteiger partial charge < -0.3 is 19.9 Å². The second kappa shape index (κ2) is 7.73. The molecule has 35 heavy (non-hydrogen) atoms. The first-order chi connectivity index (χ1) is 16.8. The Morgan fingerprint density at radius 3 is 2.51 bits per heavy atom. The fourth-order valence-corrected chi connectivity index (χ4v) is 6.69. The maximum Gasteiger partial charge on any atom is 0.410 e. The summed E-state index contributed by atoms with van der Waals surface area (Å²) in [6.45, 7) is 4.53. The number of ketones is 1. The number of aryl methyl sites for hydroxylation is 2. The van der Waals surface area contributed by atoms with Crippen molar-refractivity contribution in [1.29, 1.82) is 0 Å². The second-order valence-electron chi connectivity index (χ2n) is 10.4. The first kappa shape index (κ1) is 21.9. The first-order valence-electron chi connectivity index (χ1n) is 12.0. The van der Waals surface area contributed by atoms with Crippen molar-refractivity contribution in [3.8, 4) is 11.5 Å². The van der Waals surface area contributed by atoms with Crippen molar-refractivity contribution in [1.82, 2.24) is 4.90 Å². The van der Waals surface area contributed by atoms with Gasteiger partial charge in [-0.05, 0) is 68.0 Å². The number of rotatable bonds is 6. The molecular formula is C27H28N2O6. The number of nitrogens with two attached hydrogens (primary N) is 1. The minimum atomic E-state index is -1.07. The number of cyclic esters (lactones) is 1. The Balaban J connectivity index is 1.27. The zero-order valence-electron chi connectivity index (χ0n) is 19.7. The third-order valence-electron chi connectivity index (χ3n) is 8.15. The molecule has 2 aliphatic heterocycles. The van der Waals surface area contributed by atoms with Crippen molar-refractivity contribution in [3.05, 3.63) is 59.2 Å². The van der Waals surface area contributed by atoms with Crippen LogP contribution >= 0.6 is 0 Å². The van der Waals surface area contributed by atoms with Gasteiger partial charge in [-0.3, -0.25) is 14.5 Å². The SMILES string of the molecule is Cc1cc(C)cc(OCC2COC(=O)N2C2C3CC2(C2C(=O)c4ccccc4OC2C(N)=O)C3)c1. The topological polar surface area (TPSA) is 108 Å². The highest BCUT2D eigenvalue weighted by Gasteiger charge is 2.75. The molecule has 2 amide bonds. The molecule has 4 atom stereocenters. The molecule has 8 heteroatoms. The number of benzene rings is 2. The molecule has 0 aromatic heterocycles. The highest BCUT2D eigenvalue weighted by Crippen LogP contribution is 2.71. The fourth-order valence-electron chi connectivity index (χ4n) is 6.69. The summed E-state index contributed by atoms with van der Waals surface area (Å²) >= 11 is 0. The van der Waals surface area contributed by atoms with Gasteiger partial charge in [0.15, 0.2) is 11.9 Å². The Labute approximate surface area is 203 Å². The van der Waals surface area contributed by atoms with Gasteiger partial charge in [-0.15, -0.1) is 0 Å². The van der Waals surface area contributed by atoms with Gasteiger partial charge in [0, 0.05) is 11.5 Å². The van der Waals surface area contributed by atoms with Crippen LogP contribution in [0.4, 0.5) is 4.79 Å². The number of hydrogen-bond acceptors (Lipinski definition) is 6. The Kier molecular flexibility index (Phi) is 4.85. The lowest BCUT2D eigenvalue weighted by atomic mass is 9.35. The van der Waals surface area contributed by atoms with Crippen LogP contribution in [-0.2, 0) is 9.53 Å². The molecule has 5 aliphatic rings. The smallest absolute Gasteiger partial charge is 0.410 e. The molecule has 1 saturated heterocycles. The highest BCUT2D eigenvalue weighted by atomic mass is 16.6. The third-order valence-corrected chi connectivity index (χ3v) is 8.15. The monoisotopic (exact) mass is 476 g/mol. The third kappa shape index (κ3) is 3.22. The largest absolute Gasteiger partial charge is 0.491 e. The molecule has 2 aromatic rings. The van der Waals surface area contributed by atoms with Crippen molar-refractivity contribution in [2.45, 2.75) is 44.9 Å². The molecule has 8 nitrogen and oxygen atoms in total. The van der Waals surface area contributed by atoms with E-state index >= 15 is 0 Å². The van der Waals surface area contributed by atoms with Gasteiger partial charge in [-0.2, -0.15) is 0 Å². The zero-order valence-corrected chi connectivity index (χ0v) is 19.7. The predicted octanol–water partition coefficient (Wildman–Crippen LogP) is 3.03. The number of carbonyl (C=O) groups is 3. The molecule has 2 N–H and O–H groups in total. The Morgan fingerprint density at radius 2 is 1.86 bits per heavy atom. The van der Waals surface area contributed by atoms with E-state index in [1.807, 2.05) is 26.0 Å². The molecule has 2 bridgehead atoms. The van der Waals surface area contributed by atoms with Crippen molar-refractivity contribution < 1.29 is 28.6 Å². The van der Waals surface area contributed by atoms with Gasteiger partial charge in [0.25, 0.3) is 5.91 Å². The van der Waals surface area contributed by atoms with E-state index in [9.17, 15) is 14.4 Å². The van der Waals surface area contributed by atoms with Crippen LogP contribution in [0.3, 0.4) is 0 Å². The summed E-state index contributed by atoms with van der Waals surface area (Å²) in [5.41, 5.74) is 7.82. The quantitative estimate of drug-likeness (QED) is 0.687. The van der Waals surface area contributed by atoms with Gasteiger partial charge in [-0.1, -0.05) is 18.2 Å². The van der Waals surface area contributed by atoms with E-state index in [0.717, 1.165) is 29.7 Å². The van der Waals surface area contributed by atoms with Crippen molar-refractivity contribution in [2.75, 3.05) is 13.2 Å².